The molecule has 1 amide bonds. The van der Waals surface area contributed by atoms with Gasteiger partial charge in [0.1, 0.15) is 5.75 Å². The van der Waals surface area contributed by atoms with Gasteiger partial charge in [0, 0.05) is 51.2 Å². The van der Waals surface area contributed by atoms with E-state index in [1.165, 1.54) is 12.1 Å². The second-order valence-electron chi connectivity index (χ2n) is 7.55. The predicted molar refractivity (Wildman–Crippen MR) is 93.4 cm³/mol. The Hall–Kier alpha value is -1.80. The molecule has 0 spiro atoms. The number of halogens is 3. The van der Waals surface area contributed by atoms with Crippen molar-refractivity contribution in [2.45, 2.75) is 31.2 Å². The highest BCUT2D eigenvalue weighted by Crippen LogP contribution is 2.52. The molecule has 2 saturated heterocycles. The summed E-state index contributed by atoms with van der Waals surface area (Å²) in [5.41, 5.74) is 0.478. The van der Waals surface area contributed by atoms with Gasteiger partial charge in [0.25, 0.3) is 0 Å². The number of likely N-dealkylation sites (tertiary alicyclic amines) is 1. The normalized spacial score (nSPS) is 29.0. The van der Waals surface area contributed by atoms with Crippen LogP contribution in [0, 0.1) is 5.92 Å². The van der Waals surface area contributed by atoms with E-state index in [1.807, 2.05) is 4.90 Å². The lowest BCUT2D eigenvalue weighted by atomic mass is 10.1. The van der Waals surface area contributed by atoms with Crippen LogP contribution in [0.3, 0.4) is 0 Å². The molecule has 1 aromatic carbocycles. The van der Waals surface area contributed by atoms with E-state index in [9.17, 15) is 18.0 Å². The lowest BCUT2D eigenvalue weighted by Gasteiger charge is -2.32. The first kappa shape index (κ1) is 18.6. The Morgan fingerprint density at radius 3 is 2.63 bits per heavy atom. The van der Waals surface area contributed by atoms with E-state index in [0.717, 1.165) is 45.7 Å². The average molecular weight is 383 g/mol. The van der Waals surface area contributed by atoms with Crippen molar-refractivity contribution in [1.82, 2.24) is 15.1 Å². The Bertz CT molecular complexity index is 691. The maximum Gasteiger partial charge on any atom is 0.573 e. The highest BCUT2D eigenvalue weighted by atomic mass is 19.4. The summed E-state index contributed by atoms with van der Waals surface area (Å²) < 4.78 is 42.0. The maximum atomic E-state index is 12.8. The number of nitrogens with zero attached hydrogens (tertiary/aromatic N) is 2. The van der Waals surface area contributed by atoms with Gasteiger partial charge in [0.05, 0.1) is 0 Å². The molecule has 2 heterocycles. The first-order chi connectivity index (χ1) is 12.9. The first-order valence-electron chi connectivity index (χ1n) is 9.50. The van der Waals surface area contributed by atoms with Crippen LogP contribution in [0.25, 0.3) is 0 Å². The number of amides is 1. The Morgan fingerprint density at radius 2 is 1.89 bits per heavy atom. The number of benzene rings is 1. The van der Waals surface area contributed by atoms with Crippen LogP contribution >= 0.6 is 0 Å². The number of hydrogen-bond donors (Lipinski definition) is 1. The van der Waals surface area contributed by atoms with Crippen LogP contribution in [0.5, 0.6) is 5.75 Å². The smallest absolute Gasteiger partial charge is 0.405 e. The van der Waals surface area contributed by atoms with Crippen molar-refractivity contribution in [3.63, 3.8) is 0 Å². The zero-order chi connectivity index (χ0) is 19.0. The second-order valence-corrected chi connectivity index (χ2v) is 7.55. The maximum absolute atomic E-state index is 12.8. The molecule has 2 aliphatic heterocycles. The number of alkyl halides is 3. The monoisotopic (exact) mass is 383 g/mol. The van der Waals surface area contributed by atoms with Gasteiger partial charge in [0.15, 0.2) is 0 Å². The van der Waals surface area contributed by atoms with Gasteiger partial charge < -0.3 is 15.0 Å². The molecule has 3 aliphatic rings. The minimum Gasteiger partial charge on any atom is -0.405 e. The molecule has 3 unspecified atom stereocenters. The zero-order valence-corrected chi connectivity index (χ0v) is 15.0. The van der Waals surface area contributed by atoms with E-state index in [1.54, 1.807) is 12.1 Å². The minimum absolute atomic E-state index is 0.0689. The number of carbonyl (C=O) groups excluding carboxylic acids is 1. The highest BCUT2D eigenvalue weighted by molar-refractivity contribution is 5.83. The molecule has 1 aliphatic carbocycles. The lowest BCUT2D eigenvalue weighted by molar-refractivity contribution is -0.274. The van der Waals surface area contributed by atoms with Crippen molar-refractivity contribution in [3.05, 3.63) is 29.8 Å². The van der Waals surface area contributed by atoms with Crippen LogP contribution in [0.1, 0.15) is 24.3 Å². The molecule has 0 bridgehead atoms. The molecular weight excluding hydrogens is 359 g/mol. The predicted octanol–water partition coefficient (Wildman–Crippen LogP) is 2.19. The van der Waals surface area contributed by atoms with Crippen LogP contribution < -0.4 is 10.1 Å². The fourth-order valence-corrected chi connectivity index (χ4v) is 4.34. The number of hydrogen-bond acceptors (Lipinski definition) is 4. The fraction of sp³-hybridized carbons (Fsp3) is 0.632. The molecule has 0 aromatic heterocycles. The third-order valence-corrected chi connectivity index (χ3v) is 5.79. The van der Waals surface area contributed by atoms with Crippen molar-refractivity contribution in [3.8, 4) is 5.75 Å². The van der Waals surface area contributed by atoms with Gasteiger partial charge in [-0.25, -0.2) is 0 Å². The molecule has 0 radical (unpaired) electrons. The summed E-state index contributed by atoms with van der Waals surface area (Å²) >= 11 is 0. The summed E-state index contributed by atoms with van der Waals surface area (Å²) in [4.78, 5) is 17.2. The van der Waals surface area contributed by atoms with Crippen LogP contribution in [-0.2, 0) is 4.79 Å². The summed E-state index contributed by atoms with van der Waals surface area (Å²) in [5.74, 6) is -0.538. The van der Waals surface area contributed by atoms with E-state index in [2.05, 4.69) is 15.0 Å². The molecular formula is C19H24F3N3O2. The van der Waals surface area contributed by atoms with Gasteiger partial charge in [-0.2, -0.15) is 0 Å². The van der Waals surface area contributed by atoms with Crippen LogP contribution in [0.15, 0.2) is 24.3 Å². The number of rotatable bonds is 4. The zero-order valence-electron chi connectivity index (χ0n) is 15.0. The van der Waals surface area contributed by atoms with Crippen molar-refractivity contribution >= 4 is 5.91 Å². The summed E-state index contributed by atoms with van der Waals surface area (Å²) in [6.07, 6.45) is -3.17. The fourth-order valence-electron chi connectivity index (χ4n) is 4.34. The van der Waals surface area contributed by atoms with E-state index in [4.69, 9.17) is 0 Å². The van der Waals surface area contributed by atoms with Gasteiger partial charge in [-0.15, -0.1) is 13.2 Å². The summed E-state index contributed by atoms with van der Waals surface area (Å²) in [7, 11) is 0. The van der Waals surface area contributed by atoms with Gasteiger partial charge in [-0.05, 0) is 30.4 Å². The molecule has 148 valence electrons. The Balaban J connectivity index is 1.37. The third kappa shape index (κ3) is 4.21. The largest absolute Gasteiger partial charge is 0.573 e. The lowest BCUT2D eigenvalue weighted by Crippen LogP contribution is -2.49. The van der Waals surface area contributed by atoms with Crippen molar-refractivity contribution in [2.75, 3.05) is 39.3 Å². The van der Waals surface area contributed by atoms with Gasteiger partial charge in [-0.3, -0.25) is 9.69 Å². The molecule has 27 heavy (non-hydrogen) atoms. The van der Waals surface area contributed by atoms with E-state index in [0.29, 0.717) is 18.0 Å². The standard InChI is InChI=1S/C19H24F3N3O2/c20-19(21,22)27-17-4-2-1-3-14(17)15-11-16(15)18(26)25-8-5-13(12-25)24-9-6-23-7-10-24/h1-4,13,15-16,23H,5-12H2. The summed E-state index contributed by atoms with van der Waals surface area (Å²) in [5, 5.41) is 3.33. The molecule has 1 N–H and O–H groups in total. The Morgan fingerprint density at radius 1 is 1.15 bits per heavy atom. The summed E-state index contributed by atoms with van der Waals surface area (Å²) in [6, 6.07) is 6.55. The number of carbonyl (C=O) groups is 1. The molecule has 1 aromatic rings. The van der Waals surface area contributed by atoms with Crippen LogP contribution in [0.4, 0.5) is 13.2 Å². The average Bonchev–Trinajstić information content (AvgIpc) is 3.28. The van der Waals surface area contributed by atoms with Gasteiger partial charge >= 0.3 is 6.36 Å². The number of para-hydroxylation sites is 1. The molecule has 4 rings (SSSR count). The van der Waals surface area contributed by atoms with Crippen LogP contribution in [-0.4, -0.2) is 67.4 Å². The SMILES string of the molecule is O=C(C1CC1c1ccccc1OC(F)(F)F)N1CCC(N2CCNCC2)C1. The van der Waals surface area contributed by atoms with Crippen molar-refractivity contribution in [1.29, 1.82) is 0 Å². The van der Waals surface area contributed by atoms with Crippen LogP contribution in [0.2, 0.25) is 0 Å². The molecule has 8 heteroatoms. The van der Waals surface area contributed by atoms with Crippen molar-refractivity contribution < 1.29 is 22.7 Å². The number of ether oxygens (including phenoxy) is 1. The third-order valence-electron chi connectivity index (χ3n) is 5.79. The number of nitrogens with one attached hydrogen (secondary N) is 1. The van der Waals surface area contributed by atoms with Crippen molar-refractivity contribution in [2.24, 2.45) is 5.92 Å². The quantitative estimate of drug-likeness (QED) is 0.866. The first-order valence-corrected chi connectivity index (χ1v) is 9.50. The van der Waals surface area contributed by atoms with E-state index < -0.39 is 6.36 Å². The van der Waals surface area contributed by atoms with E-state index >= 15 is 0 Å². The van der Waals surface area contributed by atoms with E-state index in [-0.39, 0.29) is 23.5 Å². The topological polar surface area (TPSA) is 44.8 Å². The Kier molecular flexibility index (Phi) is 5.03. The molecule has 5 nitrogen and oxygen atoms in total. The Labute approximate surface area is 156 Å². The molecule has 1 saturated carbocycles. The molecule has 3 atom stereocenters. The summed E-state index contributed by atoms with van der Waals surface area (Å²) in [6.45, 7) is 5.41. The minimum atomic E-state index is -4.73. The van der Waals surface area contributed by atoms with Gasteiger partial charge in [-0.1, -0.05) is 18.2 Å². The van der Waals surface area contributed by atoms with Gasteiger partial charge in [0.2, 0.25) is 5.91 Å². The number of piperazine rings is 1. The molecule has 3 fully saturated rings. The second kappa shape index (κ2) is 7.31. The highest BCUT2D eigenvalue weighted by Gasteiger charge is 2.49.